The van der Waals surface area contributed by atoms with Gasteiger partial charge in [0.25, 0.3) is 0 Å². The molecule has 4 aromatic heterocycles. The highest BCUT2D eigenvalue weighted by molar-refractivity contribution is 7.27. The second-order valence-electron chi connectivity index (χ2n) is 16.7. The monoisotopic (exact) mass is 879 g/mol. The number of nitrogens with zero attached hydrogens (tertiary/aromatic N) is 3. The van der Waals surface area contributed by atoms with Gasteiger partial charge in [-0.2, -0.15) is 18.4 Å². The van der Waals surface area contributed by atoms with Gasteiger partial charge in [-0.25, -0.2) is 0 Å². The van der Waals surface area contributed by atoms with E-state index in [4.69, 9.17) is 0 Å². The summed E-state index contributed by atoms with van der Waals surface area (Å²) in [4.78, 5) is 0. The van der Waals surface area contributed by atoms with Crippen LogP contribution in [-0.4, -0.2) is 9.13 Å². The number of aromatic nitrogens is 2. The normalized spacial score (nSPS) is 12.3. The first-order valence-electron chi connectivity index (χ1n) is 21.3. The molecule has 4 heterocycles. The molecule has 0 unspecified atom stereocenters. The first-order chi connectivity index (χ1) is 31.7. The van der Waals surface area contributed by atoms with E-state index >= 15 is 0 Å². The van der Waals surface area contributed by atoms with Crippen molar-refractivity contribution >= 4 is 107 Å². The highest BCUT2D eigenvalue weighted by Gasteiger charge is 2.31. The van der Waals surface area contributed by atoms with Gasteiger partial charge in [-0.3, -0.25) is 0 Å². The summed E-state index contributed by atoms with van der Waals surface area (Å²) in [6.45, 7) is 1.74. The molecule has 0 saturated carbocycles. The van der Waals surface area contributed by atoms with E-state index in [2.05, 4.69) is 149 Å². The molecule has 65 heavy (non-hydrogen) atoms. The molecule has 0 aliphatic rings. The molecule has 0 aliphatic carbocycles. The summed E-state index contributed by atoms with van der Waals surface area (Å²) in [6.07, 6.45) is -4.49. The third-order valence-corrected chi connectivity index (χ3v) is 15.5. The highest BCUT2D eigenvalue weighted by atomic mass is 32.1. The standard InChI is InChI=1S/C57H32F3N3S2/c1-32-28-34(57(58,59)60)19-21-36(32)37-22-20-35(62-46-14-6-2-12-42(46)53-49(62)26-23-40-38-10-4-8-16-51(38)64-55(40)53)30-44(37)45-29-33(31-61)18-25-48(45)63-47-15-7-3-13-43(47)54-50(63)27-24-41-39-11-5-9-17-52(39)65-56(41)54/h2-30H,1H3. The number of nitriles is 1. The number of benzene rings is 9. The molecule has 0 amide bonds. The van der Waals surface area contributed by atoms with E-state index in [0.29, 0.717) is 16.7 Å². The van der Waals surface area contributed by atoms with E-state index in [1.807, 2.05) is 24.3 Å². The molecule has 0 spiro atoms. The van der Waals surface area contributed by atoms with Crippen LogP contribution in [0.3, 0.4) is 0 Å². The van der Waals surface area contributed by atoms with Crippen molar-refractivity contribution in [1.82, 2.24) is 9.13 Å². The van der Waals surface area contributed by atoms with Crippen molar-refractivity contribution in [2.45, 2.75) is 13.1 Å². The van der Waals surface area contributed by atoms with Crippen LogP contribution in [0.15, 0.2) is 176 Å². The van der Waals surface area contributed by atoms with E-state index in [0.717, 1.165) is 66.3 Å². The number of halogens is 3. The van der Waals surface area contributed by atoms with Crippen LogP contribution in [0.2, 0.25) is 0 Å². The van der Waals surface area contributed by atoms with Crippen LogP contribution in [0.4, 0.5) is 13.2 Å². The predicted octanol–water partition coefficient (Wildman–Crippen LogP) is 17.1. The number of aryl methyl sites for hydroxylation is 1. The molecule has 0 bridgehead atoms. The van der Waals surface area contributed by atoms with E-state index in [1.54, 1.807) is 35.7 Å². The minimum Gasteiger partial charge on any atom is -0.309 e. The van der Waals surface area contributed by atoms with Gasteiger partial charge in [-0.05, 0) is 108 Å². The third-order valence-electron chi connectivity index (χ3n) is 13.1. The SMILES string of the molecule is Cc1cc(C(F)(F)F)ccc1-c1ccc(-n2c3ccccc3c3c4sc5ccccc5c4ccc32)cc1-c1cc(C#N)ccc1-n1c2ccccc2c2c3sc4ccccc4c3ccc21. The maximum absolute atomic E-state index is 14.1. The molecular weight excluding hydrogens is 848 g/mol. The Balaban J connectivity index is 1.13. The first-order valence-corrected chi connectivity index (χ1v) is 22.9. The van der Waals surface area contributed by atoms with Gasteiger partial charge in [-0.1, -0.05) is 97.1 Å². The maximum Gasteiger partial charge on any atom is 0.416 e. The summed E-state index contributed by atoms with van der Waals surface area (Å²) in [5, 5.41) is 20.0. The van der Waals surface area contributed by atoms with Crippen LogP contribution in [0.25, 0.3) is 118 Å². The molecule has 8 heteroatoms. The molecule has 0 radical (unpaired) electrons. The van der Waals surface area contributed by atoms with E-state index < -0.39 is 11.7 Å². The average molecular weight is 880 g/mol. The molecule has 0 saturated heterocycles. The topological polar surface area (TPSA) is 33.6 Å². The zero-order valence-electron chi connectivity index (χ0n) is 34.5. The average Bonchev–Trinajstić information content (AvgIpc) is 4.08. The fourth-order valence-corrected chi connectivity index (χ4v) is 12.8. The summed E-state index contributed by atoms with van der Waals surface area (Å²) in [7, 11) is 0. The zero-order chi connectivity index (χ0) is 43.7. The van der Waals surface area contributed by atoms with Crippen molar-refractivity contribution in [3.05, 3.63) is 193 Å². The minimum absolute atomic E-state index is 0.473. The second kappa shape index (κ2) is 13.9. The minimum atomic E-state index is -4.49. The van der Waals surface area contributed by atoms with Gasteiger partial charge in [0.2, 0.25) is 0 Å². The second-order valence-corrected chi connectivity index (χ2v) is 18.8. The van der Waals surface area contributed by atoms with Gasteiger partial charge in [-0.15, -0.1) is 22.7 Å². The predicted molar refractivity (Wildman–Crippen MR) is 266 cm³/mol. The van der Waals surface area contributed by atoms with Gasteiger partial charge < -0.3 is 9.13 Å². The number of fused-ring (bicyclic) bond motifs is 14. The molecular formula is C57H32F3N3S2. The van der Waals surface area contributed by atoms with Gasteiger partial charge in [0.05, 0.1) is 45.0 Å². The number of thiophene rings is 2. The summed E-state index contributed by atoms with van der Waals surface area (Å²) in [5.74, 6) is 0. The van der Waals surface area contributed by atoms with Crippen molar-refractivity contribution in [2.24, 2.45) is 0 Å². The Morgan fingerprint density at radius 3 is 1.62 bits per heavy atom. The summed E-state index contributed by atoms with van der Waals surface area (Å²) in [6, 6.07) is 61.2. The van der Waals surface area contributed by atoms with Crippen LogP contribution in [0.1, 0.15) is 16.7 Å². The Bertz CT molecular complexity index is 4210. The molecule has 13 aromatic rings. The Morgan fingerprint density at radius 1 is 0.462 bits per heavy atom. The first kappa shape index (κ1) is 37.8. The quantitative estimate of drug-likeness (QED) is 0.173. The largest absolute Gasteiger partial charge is 0.416 e. The molecule has 308 valence electrons. The van der Waals surface area contributed by atoms with Crippen molar-refractivity contribution < 1.29 is 13.2 Å². The lowest BCUT2D eigenvalue weighted by molar-refractivity contribution is -0.137. The molecule has 13 rings (SSSR count). The third kappa shape index (κ3) is 5.53. The molecule has 3 nitrogen and oxygen atoms in total. The van der Waals surface area contributed by atoms with Crippen LogP contribution in [0, 0.1) is 18.3 Å². The van der Waals surface area contributed by atoms with Crippen LogP contribution >= 0.6 is 22.7 Å². The van der Waals surface area contributed by atoms with Crippen molar-refractivity contribution in [3.8, 4) is 39.7 Å². The Morgan fingerprint density at radius 2 is 1.02 bits per heavy atom. The zero-order valence-corrected chi connectivity index (χ0v) is 36.2. The smallest absolute Gasteiger partial charge is 0.309 e. The van der Waals surface area contributed by atoms with Gasteiger partial charge in [0.15, 0.2) is 0 Å². The van der Waals surface area contributed by atoms with Gasteiger partial charge in [0.1, 0.15) is 0 Å². The summed E-state index contributed by atoms with van der Waals surface area (Å²) < 4.78 is 51.9. The van der Waals surface area contributed by atoms with Gasteiger partial charge in [0, 0.05) is 73.1 Å². The fourth-order valence-electron chi connectivity index (χ4n) is 10.3. The number of alkyl halides is 3. The molecule has 0 N–H and O–H groups in total. The van der Waals surface area contributed by atoms with Crippen molar-refractivity contribution in [1.29, 1.82) is 5.26 Å². The van der Waals surface area contributed by atoms with Crippen molar-refractivity contribution in [3.63, 3.8) is 0 Å². The lowest BCUT2D eigenvalue weighted by atomic mass is 9.89. The number of para-hydroxylation sites is 2. The number of hydrogen-bond donors (Lipinski definition) is 0. The summed E-state index contributed by atoms with van der Waals surface area (Å²) >= 11 is 3.59. The Labute approximate surface area is 377 Å². The fraction of sp³-hybridized carbons (Fsp3) is 0.0351. The van der Waals surface area contributed by atoms with Crippen molar-refractivity contribution in [2.75, 3.05) is 0 Å². The van der Waals surface area contributed by atoms with Crippen LogP contribution in [-0.2, 0) is 6.18 Å². The number of rotatable bonds is 4. The highest BCUT2D eigenvalue weighted by Crippen LogP contribution is 2.48. The molecule has 0 fully saturated rings. The van der Waals surface area contributed by atoms with E-state index in [1.165, 1.54) is 57.9 Å². The maximum atomic E-state index is 14.1. The lowest BCUT2D eigenvalue weighted by Gasteiger charge is -2.20. The molecule has 0 aliphatic heterocycles. The van der Waals surface area contributed by atoms with Crippen LogP contribution < -0.4 is 0 Å². The summed E-state index contributed by atoms with van der Waals surface area (Å²) in [5.41, 5.74) is 9.16. The molecule has 9 aromatic carbocycles. The van der Waals surface area contributed by atoms with Crippen LogP contribution in [0.5, 0.6) is 0 Å². The van der Waals surface area contributed by atoms with Gasteiger partial charge >= 0.3 is 6.18 Å². The Hall–Kier alpha value is -7.70. The van der Waals surface area contributed by atoms with E-state index in [9.17, 15) is 18.4 Å². The number of hydrogen-bond acceptors (Lipinski definition) is 3. The lowest BCUT2D eigenvalue weighted by Crippen LogP contribution is -2.05. The molecule has 0 atom stereocenters. The Kier molecular flexibility index (Phi) is 8.09. The van der Waals surface area contributed by atoms with E-state index in [-0.39, 0.29) is 0 Å².